The molecule has 198 valence electrons. The number of hydrogen-bond donors (Lipinski definition) is 0. The number of esters is 1. The Morgan fingerprint density at radius 1 is 0.515 bits per heavy atom. The van der Waals surface area contributed by atoms with Crippen molar-refractivity contribution in [1.29, 1.82) is 0 Å². The van der Waals surface area contributed by atoms with E-state index in [9.17, 15) is 4.79 Å². The fourth-order valence-electron chi connectivity index (χ4n) is 4.91. The van der Waals surface area contributed by atoms with Gasteiger partial charge in [-0.25, -0.2) is 0 Å². The predicted octanol–water partition coefficient (Wildman–Crippen LogP) is 9.23. The minimum atomic E-state index is -0.00223. The van der Waals surface area contributed by atoms with Gasteiger partial charge < -0.3 is 9.22 Å². The van der Waals surface area contributed by atoms with Crippen LogP contribution in [-0.4, -0.2) is 43.2 Å². The van der Waals surface area contributed by atoms with E-state index < -0.39 is 0 Å². The highest BCUT2D eigenvalue weighted by Gasteiger charge is 2.21. The Hall–Kier alpha value is -0.570. The maximum absolute atomic E-state index is 11.7. The van der Waals surface area contributed by atoms with Crippen molar-refractivity contribution in [2.24, 2.45) is 0 Å². The summed E-state index contributed by atoms with van der Waals surface area (Å²) in [6, 6.07) is 0. The molecule has 0 aliphatic heterocycles. The van der Waals surface area contributed by atoms with E-state index >= 15 is 0 Å². The highest BCUT2D eigenvalue weighted by molar-refractivity contribution is 5.69. The second kappa shape index (κ2) is 24.6. The molecule has 0 unspecified atom stereocenters. The summed E-state index contributed by atoms with van der Waals surface area (Å²) in [6.07, 6.45) is 26.1. The summed E-state index contributed by atoms with van der Waals surface area (Å²) in [5.41, 5.74) is 0. The lowest BCUT2D eigenvalue weighted by Crippen LogP contribution is -2.49. The van der Waals surface area contributed by atoms with Gasteiger partial charge in [0.2, 0.25) is 0 Å². The molecule has 0 amide bonds. The first-order valence-electron chi connectivity index (χ1n) is 15.1. The van der Waals surface area contributed by atoms with Crippen molar-refractivity contribution in [2.45, 2.75) is 156 Å². The van der Waals surface area contributed by atoms with Gasteiger partial charge in [-0.3, -0.25) is 4.79 Å². The Morgan fingerprint density at radius 2 is 0.909 bits per heavy atom. The summed E-state index contributed by atoms with van der Waals surface area (Å²) in [5.74, 6) is -0.00223. The molecule has 0 saturated carbocycles. The minimum Gasteiger partial charge on any atom is -0.466 e. The molecule has 0 N–H and O–H groups in total. The first kappa shape index (κ1) is 32.4. The molecule has 0 fully saturated rings. The molecule has 3 nitrogen and oxygen atoms in total. The SMILES string of the molecule is CCCCCCCCCCCCCCCC[N+](CC)(CC)CCCCCC(=O)OCCCC. The molecule has 0 radical (unpaired) electrons. The third kappa shape index (κ3) is 20.5. The molecule has 0 aromatic carbocycles. The van der Waals surface area contributed by atoms with Gasteiger partial charge in [0.15, 0.2) is 0 Å². The van der Waals surface area contributed by atoms with E-state index in [4.69, 9.17) is 4.74 Å². The predicted molar refractivity (Wildman–Crippen MR) is 146 cm³/mol. The molecule has 0 atom stereocenters. The number of carbonyl (C=O) groups is 1. The topological polar surface area (TPSA) is 26.3 Å². The summed E-state index contributed by atoms with van der Waals surface area (Å²) in [6.45, 7) is 14.8. The quantitative estimate of drug-likeness (QED) is 0.0718. The van der Waals surface area contributed by atoms with Gasteiger partial charge in [-0.05, 0) is 52.4 Å². The second-order valence-corrected chi connectivity index (χ2v) is 10.4. The lowest BCUT2D eigenvalue weighted by molar-refractivity contribution is -0.925. The Morgan fingerprint density at radius 3 is 1.33 bits per heavy atom. The van der Waals surface area contributed by atoms with Gasteiger partial charge in [-0.15, -0.1) is 0 Å². The van der Waals surface area contributed by atoms with E-state index in [1.54, 1.807) is 0 Å². The Bertz CT molecular complexity index is 406. The van der Waals surface area contributed by atoms with Crippen molar-refractivity contribution in [2.75, 3.05) is 32.8 Å². The van der Waals surface area contributed by atoms with Gasteiger partial charge in [0.05, 0.1) is 32.8 Å². The molecule has 0 bridgehead atoms. The van der Waals surface area contributed by atoms with Crippen LogP contribution in [0.2, 0.25) is 0 Å². The van der Waals surface area contributed by atoms with E-state index in [1.807, 2.05) is 0 Å². The monoisotopic (exact) mass is 468 g/mol. The summed E-state index contributed by atoms with van der Waals surface area (Å²) in [4.78, 5) is 11.7. The van der Waals surface area contributed by atoms with E-state index in [2.05, 4.69) is 27.7 Å². The molecule has 0 aliphatic rings. The van der Waals surface area contributed by atoms with Crippen molar-refractivity contribution in [3.05, 3.63) is 0 Å². The van der Waals surface area contributed by atoms with Crippen LogP contribution in [0.4, 0.5) is 0 Å². The van der Waals surface area contributed by atoms with Crippen LogP contribution >= 0.6 is 0 Å². The van der Waals surface area contributed by atoms with E-state index in [0.717, 1.165) is 25.7 Å². The standard InChI is InChI=1S/C30H62NO2/c1-5-9-11-12-13-14-15-16-17-18-19-20-21-24-27-31(7-3,8-4)28-25-22-23-26-30(32)33-29-10-6-2/h5-29H2,1-4H3/q+1. The second-order valence-electron chi connectivity index (χ2n) is 10.4. The maximum Gasteiger partial charge on any atom is 0.305 e. The molecule has 0 rings (SSSR count). The van der Waals surface area contributed by atoms with Crippen molar-refractivity contribution in [3.8, 4) is 0 Å². The van der Waals surface area contributed by atoms with Crippen LogP contribution in [0.25, 0.3) is 0 Å². The Balaban J connectivity index is 3.66. The summed E-state index contributed by atoms with van der Waals surface area (Å²) in [5, 5.41) is 0. The van der Waals surface area contributed by atoms with Crippen LogP contribution < -0.4 is 0 Å². The molecule has 0 spiro atoms. The lowest BCUT2D eigenvalue weighted by Gasteiger charge is -2.37. The Kier molecular flexibility index (Phi) is 24.1. The number of nitrogens with zero attached hydrogens (tertiary/aromatic N) is 1. The van der Waals surface area contributed by atoms with Crippen molar-refractivity contribution in [1.82, 2.24) is 0 Å². The highest BCUT2D eigenvalue weighted by Crippen LogP contribution is 2.16. The van der Waals surface area contributed by atoms with Crippen LogP contribution in [0.15, 0.2) is 0 Å². The number of unbranched alkanes of at least 4 members (excludes halogenated alkanes) is 16. The molecule has 33 heavy (non-hydrogen) atoms. The summed E-state index contributed by atoms with van der Waals surface area (Å²) >= 11 is 0. The average Bonchev–Trinajstić information content (AvgIpc) is 2.83. The van der Waals surface area contributed by atoms with Gasteiger partial charge >= 0.3 is 5.97 Å². The number of rotatable bonds is 26. The number of ether oxygens (including phenoxy) is 1. The van der Waals surface area contributed by atoms with Crippen molar-refractivity contribution < 1.29 is 14.0 Å². The van der Waals surface area contributed by atoms with E-state index in [-0.39, 0.29) is 5.97 Å². The zero-order valence-electron chi connectivity index (χ0n) is 23.4. The normalized spacial score (nSPS) is 11.8. The van der Waals surface area contributed by atoms with Gasteiger partial charge in [0.25, 0.3) is 0 Å². The molecular formula is C30H62NO2+. The fourth-order valence-corrected chi connectivity index (χ4v) is 4.91. The molecule has 0 heterocycles. The molecule has 3 heteroatoms. The molecule has 0 aromatic heterocycles. The fraction of sp³-hybridized carbons (Fsp3) is 0.967. The Labute approximate surface area is 209 Å². The van der Waals surface area contributed by atoms with Crippen LogP contribution in [0, 0.1) is 0 Å². The smallest absolute Gasteiger partial charge is 0.305 e. The molecular weight excluding hydrogens is 406 g/mol. The van der Waals surface area contributed by atoms with Gasteiger partial charge in [-0.1, -0.05) is 97.3 Å². The maximum atomic E-state index is 11.7. The average molecular weight is 469 g/mol. The summed E-state index contributed by atoms with van der Waals surface area (Å²) in [7, 11) is 0. The third-order valence-corrected chi connectivity index (χ3v) is 7.60. The number of hydrogen-bond acceptors (Lipinski definition) is 2. The number of quaternary nitrogens is 1. The van der Waals surface area contributed by atoms with Crippen LogP contribution in [0.3, 0.4) is 0 Å². The first-order valence-corrected chi connectivity index (χ1v) is 15.1. The first-order chi connectivity index (χ1) is 16.1. The minimum absolute atomic E-state index is 0.00223. The van der Waals surface area contributed by atoms with Gasteiger partial charge in [0, 0.05) is 6.42 Å². The molecule has 0 saturated heterocycles. The molecule has 0 aromatic rings. The van der Waals surface area contributed by atoms with Crippen molar-refractivity contribution in [3.63, 3.8) is 0 Å². The van der Waals surface area contributed by atoms with Crippen LogP contribution in [0.1, 0.15) is 156 Å². The highest BCUT2D eigenvalue weighted by atomic mass is 16.5. The van der Waals surface area contributed by atoms with Gasteiger partial charge in [0.1, 0.15) is 0 Å². The van der Waals surface area contributed by atoms with E-state index in [1.165, 1.54) is 127 Å². The van der Waals surface area contributed by atoms with Crippen molar-refractivity contribution >= 4 is 5.97 Å². The number of carbonyl (C=O) groups excluding carboxylic acids is 1. The lowest BCUT2D eigenvalue weighted by atomic mass is 10.0. The summed E-state index contributed by atoms with van der Waals surface area (Å²) < 4.78 is 6.53. The van der Waals surface area contributed by atoms with Crippen LogP contribution in [0.5, 0.6) is 0 Å². The van der Waals surface area contributed by atoms with Crippen LogP contribution in [-0.2, 0) is 9.53 Å². The van der Waals surface area contributed by atoms with Gasteiger partial charge in [-0.2, -0.15) is 0 Å². The zero-order chi connectivity index (χ0) is 24.5. The molecule has 0 aliphatic carbocycles. The van der Waals surface area contributed by atoms with E-state index in [0.29, 0.717) is 13.0 Å². The largest absolute Gasteiger partial charge is 0.466 e. The third-order valence-electron chi connectivity index (χ3n) is 7.60. The zero-order valence-corrected chi connectivity index (χ0v) is 23.4.